The molecule has 0 spiro atoms. The molecule has 0 aliphatic heterocycles. The molecule has 0 radical (unpaired) electrons. The van der Waals surface area contributed by atoms with Gasteiger partial charge in [0.2, 0.25) is 0 Å². The van der Waals surface area contributed by atoms with Crippen molar-refractivity contribution in [2.24, 2.45) is 0 Å². The van der Waals surface area contributed by atoms with Crippen LogP contribution in [0.2, 0.25) is 0 Å². The Morgan fingerprint density at radius 2 is 1.35 bits per heavy atom. The molecular formula is C15H18SZn. The van der Waals surface area contributed by atoms with E-state index in [9.17, 15) is 0 Å². The molecule has 0 unspecified atom stereocenters. The monoisotopic (exact) mass is 294 g/mol. The third-order valence-corrected chi connectivity index (χ3v) is 2.72. The standard InChI is InChI=1S/C9H12.C6H6S.Zn/c1-7-4-5-8(2)9(3)6-7;7-6-4-2-1-3-5-6;/h4-6H,1-3H3;1-5,7H;. The fourth-order valence-corrected chi connectivity index (χ4v) is 1.49. The van der Waals surface area contributed by atoms with E-state index in [1.54, 1.807) is 0 Å². The van der Waals surface area contributed by atoms with Crippen LogP contribution < -0.4 is 0 Å². The van der Waals surface area contributed by atoms with Crippen LogP contribution in [0.1, 0.15) is 16.7 Å². The maximum Gasteiger partial charge on any atom is 0.00399 e. The van der Waals surface area contributed by atoms with E-state index in [0.29, 0.717) is 0 Å². The first kappa shape index (κ1) is 16.4. The van der Waals surface area contributed by atoms with E-state index in [2.05, 4.69) is 51.6 Å². The summed E-state index contributed by atoms with van der Waals surface area (Å²) in [6, 6.07) is 16.3. The van der Waals surface area contributed by atoms with E-state index in [1.165, 1.54) is 16.7 Å². The number of thiol groups is 1. The molecule has 0 aromatic heterocycles. The molecule has 0 saturated carbocycles. The Morgan fingerprint density at radius 1 is 0.765 bits per heavy atom. The number of benzene rings is 2. The van der Waals surface area contributed by atoms with Crippen molar-refractivity contribution < 1.29 is 19.5 Å². The smallest absolute Gasteiger partial charge is 0.00399 e. The molecule has 86 valence electrons. The van der Waals surface area contributed by atoms with E-state index in [-0.39, 0.29) is 19.5 Å². The summed E-state index contributed by atoms with van der Waals surface area (Å²) in [7, 11) is 0. The molecule has 0 aliphatic rings. The third kappa shape index (κ3) is 6.65. The topological polar surface area (TPSA) is 0 Å². The fraction of sp³-hybridized carbons (Fsp3) is 0.200. The van der Waals surface area contributed by atoms with Crippen LogP contribution in [0.5, 0.6) is 0 Å². The zero-order chi connectivity index (χ0) is 12.0. The first-order chi connectivity index (χ1) is 7.59. The summed E-state index contributed by atoms with van der Waals surface area (Å²) in [4.78, 5) is 1.02. The second kappa shape index (κ2) is 8.50. The van der Waals surface area contributed by atoms with Gasteiger partial charge in [-0.15, -0.1) is 12.6 Å². The van der Waals surface area contributed by atoms with Crippen LogP contribution >= 0.6 is 12.6 Å². The molecule has 0 aliphatic carbocycles. The summed E-state index contributed by atoms with van der Waals surface area (Å²) in [6.07, 6.45) is 0. The van der Waals surface area contributed by atoms with Gasteiger partial charge in [-0.05, 0) is 44.0 Å². The summed E-state index contributed by atoms with van der Waals surface area (Å²) in [5.74, 6) is 0. The summed E-state index contributed by atoms with van der Waals surface area (Å²) < 4.78 is 0. The van der Waals surface area contributed by atoms with Crippen molar-refractivity contribution in [1.29, 1.82) is 0 Å². The van der Waals surface area contributed by atoms with Gasteiger partial charge in [-0.2, -0.15) is 0 Å². The molecule has 0 atom stereocenters. The van der Waals surface area contributed by atoms with Crippen LogP contribution in [-0.2, 0) is 19.5 Å². The zero-order valence-electron chi connectivity index (χ0n) is 10.8. The molecule has 0 heterocycles. The van der Waals surface area contributed by atoms with Gasteiger partial charge in [0.05, 0.1) is 0 Å². The van der Waals surface area contributed by atoms with Crippen LogP contribution in [0.25, 0.3) is 0 Å². The van der Waals surface area contributed by atoms with Gasteiger partial charge >= 0.3 is 0 Å². The number of aryl methyl sites for hydroxylation is 3. The summed E-state index contributed by atoms with van der Waals surface area (Å²) in [5, 5.41) is 0. The van der Waals surface area contributed by atoms with Gasteiger partial charge in [-0.1, -0.05) is 42.0 Å². The average Bonchev–Trinajstić information content (AvgIpc) is 2.26. The minimum absolute atomic E-state index is 0. The SMILES string of the molecule is Cc1ccc(C)c(C)c1.Sc1ccccc1.[Zn]. The minimum Gasteiger partial charge on any atom is -0.143 e. The van der Waals surface area contributed by atoms with Crippen molar-refractivity contribution in [3.05, 3.63) is 65.2 Å². The third-order valence-electron chi connectivity index (χ3n) is 2.42. The fourth-order valence-electron chi connectivity index (χ4n) is 1.32. The Kier molecular flexibility index (Phi) is 8.20. The Labute approximate surface area is 123 Å². The first-order valence-electron chi connectivity index (χ1n) is 5.37. The number of hydrogen-bond acceptors (Lipinski definition) is 1. The van der Waals surface area contributed by atoms with Crippen molar-refractivity contribution in [3.63, 3.8) is 0 Å². The van der Waals surface area contributed by atoms with Crippen molar-refractivity contribution in [2.45, 2.75) is 25.7 Å². The number of rotatable bonds is 0. The normalized spacial score (nSPS) is 8.71. The number of hydrogen-bond donors (Lipinski definition) is 1. The molecule has 0 saturated heterocycles. The molecule has 2 heteroatoms. The maximum atomic E-state index is 4.08. The summed E-state index contributed by atoms with van der Waals surface area (Å²) in [6.45, 7) is 6.39. The predicted octanol–water partition coefficient (Wildman–Crippen LogP) is 4.58. The minimum atomic E-state index is 0. The van der Waals surface area contributed by atoms with E-state index in [0.717, 1.165) is 4.90 Å². The Bertz CT molecular complexity index is 438. The van der Waals surface area contributed by atoms with Crippen molar-refractivity contribution in [2.75, 3.05) is 0 Å². The van der Waals surface area contributed by atoms with Crippen molar-refractivity contribution in [1.82, 2.24) is 0 Å². The molecule has 17 heavy (non-hydrogen) atoms. The molecule has 0 N–H and O–H groups in total. The molecule has 0 fully saturated rings. The second-order valence-electron chi connectivity index (χ2n) is 3.92. The van der Waals surface area contributed by atoms with Crippen LogP contribution in [0.15, 0.2) is 53.4 Å². The van der Waals surface area contributed by atoms with E-state index in [4.69, 9.17) is 0 Å². The van der Waals surface area contributed by atoms with Crippen LogP contribution in [0.3, 0.4) is 0 Å². The summed E-state index contributed by atoms with van der Waals surface area (Å²) in [5.41, 5.74) is 4.11. The molecule has 2 aromatic carbocycles. The predicted molar refractivity (Wildman–Crippen MR) is 74.3 cm³/mol. The van der Waals surface area contributed by atoms with Crippen molar-refractivity contribution in [3.8, 4) is 0 Å². The molecule has 0 amide bonds. The molecular weight excluding hydrogens is 278 g/mol. The Balaban J connectivity index is 0.000000292. The molecule has 0 bridgehead atoms. The van der Waals surface area contributed by atoms with Crippen LogP contribution in [0, 0.1) is 20.8 Å². The van der Waals surface area contributed by atoms with Gasteiger partial charge < -0.3 is 0 Å². The van der Waals surface area contributed by atoms with Gasteiger partial charge in [-0.3, -0.25) is 0 Å². The van der Waals surface area contributed by atoms with Gasteiger partial charge in [0.25, 0.3) is 0 Å². The Morgan fingerprint density at radius 3 is 1.71 bits per heavy atom. The molecule has 0 nitrogen and oxygen atoms in total. The second-order valence-corrected chi connectivity index (χ2v) is 4.44. The van der Waals surface area contributed by atoms with E-state index < -0.39 is 0 Å². The van der Waals surface area contributed by atoms with E-state index >= 15 is 0 Å². The van der Waals surface area contributed by atoms with Crippen molar-refractivity contribution >= 4 is 12.6 Å². The van der Waals surface area contributed by atoms with Gasteiger partial charge in [-0.25, -0.2) is 0 Å². The average molecular weight is 296 g/mol. The zero-order valence-corrected chi connectivity index (χ0v) is 14.6. The van der Waals surface area contributed by atoms with E-state index in [1.807, 2.05) is 30.3 Å². The maximum absolute atomic E-state index is 4.08. The Hall–Kier alpha value is -0.587. The van der Waals surface area contributed by atoms with Crippen LogP contribution in [0.4, 0.5) is 0 Å². The molecule has 2 rings (SSSR count). The molecule has 2 aromatic rings. The van der Waals surface area contributed by atoms with Crippen LogP contribution in [-0.4, -0.2) is 0 Å². The van der Waals surface area contributed by atoms with Gasteiger partial charge in [0, 0.05) is 24.4 Å². The summed E-state index contributed by atoms with van der Waals surface area (Å²) >= 11 is 4.08. The largest absolute Gasteiger partial charge is 0.143 e. The first-order valence-corrected chi connectivity index (χ1v) is 5.82. The van der Waals surface area contributed by atoms with Gasteiger partial charge in [0.15, 0.2) is 0 Å². The quantitative estimate of drug-likeness (QED) is 0.533. The van der Waals surface area contributed by atoms with Gasteiger partial charge in [0.1, 0.15) is 0 Å².